The third kappa shape index (κ3) is 4.42. The van der Waals surface area contributed by atoms with Crippen molar-refractivity contribution in [2.45, 2.75) is 17.9 Å². The van der Waals surface area contributed by atoms with Gasteiger partial charge in [-0.2, -0.15) is 0 Å². The van der Waals surface area contributed by atoms with Crippen molar-refractivity contribution >= 4 is 38.8 Å². The molecule has 0 unspecified atom stereocenters. The van der Waals surface area contributed by atoms with E-state index in [1.807, 2.05) is 6.92 Å². The maximum atomic E-state index is 13.1. The summed E-state index contributed by atoms with van der Waals surface area (Å²) in [5.74, 6) is -2.32. The lowest BCUT2D eigenvalue weighted by atomic mass is 9.94. The molecule has 0 aliphatic carbocycles. The highest BCUT2D eigenvalue weighted by Crippen LogP contribution is 2.42. The largest absolute Gasteiger partial charge is 0.507 e. The summed E-state index contributed by atoms with van der Waals surface area (Å²) in [6, 6.07) is 15.8. The molecular formula is C24H19N3O7S. The molecule has 3 aromatic rings. The minimum Gasteiger partial charge on any atom is -0.507 e. The Labute approximate surface area is 200 Å². The summed E-state index contributed by atoms with van der Waals surface area (Å²) < 4.78 is 23.2. The first-order valence-corrected chi connectivity index (χ1v) is 11.8. The summed E-state index contributed by atoms with van der Waals surface area (Å²) >= 11 is 0. The Balaban J connectivity index is 1.92. The number of aliphatic hydroxyl groups is 1. The number of nitrogens with zero attached hydrogens (tertiary/aromatic N) is 2. The zero-order valence-electron chi connectivity index (χ0n) is 18.3. The Morgan fingerprint density at radius 3 is 2.06 bits per heavy atom. The van der Waals surface area contributed by atoms with Crippen molar-refractivity contribution in [2.24, 2.45) is 5.14 Å². The Hall–Kier alpha value is -4.35. The van der Waals surface area contributed by atoms with Gasteiger partial charge in [0.1, 0.15) is 5.76 Å². The van der Waals surface area contributed by atoms with Gasteiger partial charge >= 0.3 is 0 Å². The summed E-state index contributed by atoms with van der Waals surface area (Å²) in [4.78, 5) is 37.7. The molecule has 0 aromatic heterocycles. The Morgan fingerprint density at radius 2 is 1.54 bits per heavy atom. The van der Waals surface area contributed by atoms with Crippen molar-refractivity contribution in [1.29, 1.82) is 0 Å². The minimum atomic E-state index is -3.99. The topological polar surface area (TPSA) is 161 Å². The van der Waals surface area contributed by atoms with Crippen molar-refractivity contribution in [1.82, 2.24) is 0 Å². The van der Waals surface area contributed by atoms with Crippen LogP contribution in [0.3, 0.4) is 0 Å². The fourth-order valence-electron chi connectivity index (χ4n) is 3.86. The van der Waals surface area contributed by atoms with Crippen LogP contribution in [0, 0.1) is 17.0 Å². The molecule has 3 N–H and O–H groups in total. The molecule has 4 rings (SSSR count). The number of anilines is 1. The zero-order valence-corrected chi connectivity index (χ0v) is 19.1. The summed E-state index contributed by atoms with van der Waals surface area (Å²) in [5, 5.41) is 27.3. The van der Waals surface area contributed by atoms with Crippen LogP contribution >= 0.6 is 0 Å². The molecule has 1 heterocycles. The third-order valence-corrected chi connectivity index (χ3v) is 6.56. The number of aliphatic hydroxyl groups excluding tert-OH is 1. The maximum absolute atomic E-state index is 13.1. The van der Waals surface area contributed by atoms with Gasteiger partial charge < -0.3 is 5.11 Å². The van der Waals surface area contributed by atoms with Crippen LogP contribution in [0.4, 0.5) is 11.4 Å². The zero-order chi connectivity index (χ0) is 25.5. The molecular weight excluding hydrogens is 474 g/mol. The number of carbonyl (C=O) groups excluding carboxylic acids is 2. The molecule has 0 bridgehead atoms. The van der Waals surface area contributed by atoms with E-state index in [0.717, 1.165) is 10.5 Å². The Morgan fingerprint density at radius 1 is 0.971 bits per heavy atom. The molecule has 10 nitrogen and oxygen atoms in total. The maximum Gasteiger partial charge on any atom is 0.300 e. The molecule has 0 radical (unpaired) electrons. The van der Waals surface area contributed by atoms with E-state index in [2.05, 4.69) is 0 Å². The number of amides is 1. The van der Waals surface area contributed by atoms with E-state index in [9.17, 15) is 33.2 Å². The van der Waals surface area contributed by atoms with E-state index in [0.29, 0.717) is 11.1 Å². The highest BCUT2D eigenvalue weighted by atomic mass is 32.2. The molecule has 1 aliphatic heterocycles. The molecule has 0 saturated carbocycles. The second kappa shape index (κ2) is 8.78. The standard InChI is InChI=1S/C24H19N3O7S/c1-14-2-4-16(5-3-14)22(28)20-21(15-6-8-18(9-7-15)27(31)32)26(24(30)23(20)29)17-10-12-19(13-11-17)35(25,33)34/h2-13,21,28H,1H3,(H2,25,33,34)/t21-/m0/s1. The molecule has 1 atom stereocenters. The molecule has 11 heteroatoms. The average molecular weight is 493 g/mol. The smallest absolute Gasteiger partial charge is 0.300 e. The second-order valence-corrected chi connectivity index (χ2v) is 9.48. The number of aryl methyl sites for hydroxylation is 1. The second-order valence-electron chi connectivity index (χ2n) is 7.92. The fraction of sp³-hybridized carbons (Fsp3) is 0.0833. The Bertz CT molecular complexity index is 1480. The van der Waals surface area contributed by atoms with E-state index in [-0.39, 0.29) is 21.8 Å². The van der Waals surface area contributed by atoms with Crippen LogP contribution in [0.1, 0.15) is 22.7 Å². The number of nitro groups is 1. The summed E-state index contributed by atoms with van der Waals surface area (Å²) in [5.41, 5.74) is 1.34. The van der Waals surface area contributed by atoms with Gasteiger partial charge in [0.25, 0.3) is 17.4 Å². The van der Waals surface area contributed by atoms with Crippen molar-refractivity contribution in [3.63, 3.8) is 0 Å². The number of ketones is 1. The fourth-order valence-corrected chi connectivity index (χ4v) is 4.37. The molecule has 1 amide bonds. The average Bonchev–Trinajstić information content (AvgIpc) is 3.09. The number of non-ortho nitro benzene ring substituents is 1. The predicted octanol–water partition coefficient (Wildman–Crippen LogP) is 3.18. The van der Waals surface area contributed by atoms with Crippen LogP contribution < -0.4 is 10.0 Å². The van der Waals surface area contributed by atoms with Gasteiger partial charge in [-0.3, -0.25) is 24.6 Å². The number of sulfonamides is 1. The number of carbonyl (C=O) groups is 2. The number of nitro benzene ring substituents is 1. The van der Waals surface area contributed by atoms with Gasteiger partial charge in [-0.1, -0.05) is 29.8 Å². The van der Waals surface area contributed by atoms with Gasteiger partial charge in [0.05, 0.1) is 21.4 Å². The van der Waals surface area contributed by atoms with E-state index in [1.54, 1.807) is 24.3 Å². The number of hydrogen-bond acceptors (Lipinski definition) is 7. The van der Waals surface area contributed by atoms with E-state index in [1.165, 1.54) is 48.5 Å². The van der Waals surface area contributed by atoms with Crippen LogP contribution in [-0.4, -0.2) is 30.1 Å². The first-order valence-electron chi connectivity index (χ1n) is 10.2. The van der Waals surface area contributed by atoms with Crippen LogP contribution in [0.25, 0.3) is 5.76 Å². The molecule has 1 fully saturated rings. The number of benzene rings is 3. The van der Waals surface area contributed by atoms with E-state index in [4.69, 9.17) is 5.14 Å². The van der Waals surface area contributed by atoms with Crippen LogP contribution in [-0.2, 0) is 19.6 Å². The van der Waals surface area contributed by atoms with Gasteiger partial charge in [-0.05, 0) is 48.9 Å². The van der Waals surface area contributed by atoms with Crippen molar-refractivity contribution in [3.05, 3.63) is 105 Å². The van der Waals surface area contributed by atoms with Crippen LogP contribution in [0.15, 0.2) is 83.3 Å². The van der Waals surface area contributed by atoms with Crippen molar-refractivity contribution in [3.8, 4) is 0 Å². The molecule has 178 valence electrons. The lowest BCUT2D eigenvalue weighted by Crippen LogP contribution is -2.29. The van der Waals surface area contributed by atoms with Crippen molar-refractivity contribution < 1.29 is 28.0 Å². The number of primary sulfonamides is 1. The lowest BCUT2D eigenvalue weighted by molar-refractivity contribution is -0.384. The van der Waals surface area contributed by atoms with Crippen molar-refractivity contribution in [2.75, 3.05) is 4.90 Å². The number of hydrogen-bond donors (Lipinski definition) is 2. The number of Topliss-reactive ketones (excluding diaryl/α,β-unsaturated/α-hetero) is 1. The summed E-state index contributed by atoms with van der Waals surface area (Å²) in [6.07, 6.45) is 0. The molecule has 3 aromatic carbocycles. The van der Waals surface area contributed by atoms with E-state index >= 15 is 0 Å². The first-order chi connectivity index (χ1) is 16.5. The van der Waals surface area contributed by atoms with Crippen LogP contribution in [0.5, 0.6) is 0 Å². The van der Waals surface area contributed by atoms with Gasteiger partial charge in [0.15, 0.2) is 0 Å². The lowest BCUT2D eigenvalue weighted by Gasteiger charge is -2.25. The normalized spacial score (nSPS) is 17.5. The molecule has 1 aliphatic rings. The van der Waals surface area contributed by atoms with Gasteiger partial charge in [-0.15, -0.1) is 0 Å². The third-order valence-electron chi connectivity index (χ3n) is 5.63. The number of rotatable bonds is 5. The quantitative estimate of drug-likeness (QED) is 0.181. The molecule has 1 saturated heterocycles. The molecule has 0 spiro atoms. The first kappa shape index (κ1) is 23.8. The monoisotopic (exact) mass is 493 g/mol. The SMILES string of the molecule is Cc1ccc(C(O)=C2C(=O)C(=O)N(c3ccc(S(N)(=O)=O)cc3)[C@H]2c2ccc([N+](=O)[O-])cc2)cc1. The highest BCUT2D eigenvalue weighted by Gasteiger charge is 2.47. The summed E-state index contributed by atoms with van der Waals surface area (Å²) in [6.45, 7) is 1.85. The van der Waals surface area contributed by atoms with Crippen LogP contribution in [0.2, 0.25) is 0 Å². The summed E-state index contributed by atoms with van der Waals surface area (Å²) in [7, 11) is -3.99. The predicted molar refractivity (Wildman–Crippen MR) is 127 cm³/mol. The van der Waals surface area contributed by atoms with E-state index < -0.39 is 38.4 Å². The highest BCUT2D eigenvalue weighted by molar-refractivity contribution is 7.89. The van der Waals surface area contributed by atoms with Gasteiger partial charge in [0, 0.05) is 23.4 Å². The molecule has 35 heavy (non-hydrogen) atoms. The van der Waals surface area contributed by atoms with Gasteiger partial charge in [-0.25, -0.2) is 13.6 Å². The van der Waals surface area contributed by atoms with Gasteiger partial charge in [0.2, 0.25) is 10.0 Å². The Kier molecular flexibility index (Phi) is 5.97. The number of nitrogens with two attached hydrogens (primary N) is 1. The minimum absolute atomic E-state index is 0.172.